The SMILES string of the molecule is CCc1nc(NN)c(C)c(Nc2cccc(Br)c2)n1. The summed E-state index contributed by atoms with van der Waals surface area (Å²) in [6.07, 6.45) is 0.752. The van der Waals surface area contributed by atoms with E-state index in [1.165, 1.54) is 0 Å². The van der Waals surface area contributed by atoms with Crippen molar-refractivity contribution in [2.75, 3.05) is 10.7 Å². The Morgan fingerprint density at radius 3 is 2.63 bits per heavy atom. The van der Waals surface area contributed by atoms with E-state index in [1.807, 2.05) is 38.1 Å². The number of nitrogen functional groups attached to an aromatic ring is 1. The normalized spacial score (nSPS) is 10.3. The molecular weight excluding hydrogens is 306 g/mol. The molecule has 0 aliphatic carbocycles. The van der Waals surface area contributed by atoms with Crippen molar-refractivity contribution >= 4 is 33.3 Å². The Morgan fingerprint density at radius 2 is 2.00 bits per heavy atom. The van der Waals surface area contributed by atoms with E-state index in [2.05, 4.69) is 36.6 Å². The molecule has 0 saturated heterocycles. The third kappa shape index (κ3) is 3.21. The monoisotopic (exact) mass is 321 g/mol. The standard InChI is InChI=1S/C13H16BrN5/c1-3-11-17-12(8(2)13(18-11)19-15)16-10-6-4-5-9(14)7-10/h4-7H,3,15H2,1-2H3,(H2,16,17,18,19). The second-order valence-corrected chi connectivity index (χ2v) is 5.01. The van der Waals surface area contributed by atoms with Gasteiger partial charge in [-0.05, 0) is 25.1 Å². The Hall–Kier alpha value is -1.66. The van der Waals surface area contributed by atoms with Crippen LogP contribution < -0.4 is 16.6 Å². The molecule has 19 heavy (non-hydrogen) atoms. The molecule has 6 heteroatoms. The van der Waals surface area contributed by atoms with Crippen LogP contribution in [0.4, 0.5) is 17.3 Å². The maximum absolute atomic E-state index is 5.49. The molecule has 1 aromatic heterocycles. The van der Waals surface area contributed by atoms with Gasteiger partial charge in [-0.3, -0.25) is 0 Å². The van der Waals surface area contributed by atoms with E-state index in [0.717, 1.165) is 33.8 Å². The zero-order valence-corrected chi connectivity index (χ0v) is 12.5. The fourth-order valence-electron chi connectivity index (χ4n) is 1.69. The van der Waals surface area contributed by atoms with Crippen LogP contribution in [0.25, 0.3) is 0 Å². The number of hydrazine groups is 1. The van der Waals surface area contributed by atoms with Crippen LogP contribution in [0.1, 0.15) is 18.3 Å². The Labute approximate surface area is 120 Å². The molecule has 4 N–H and O–H groups in total. The Kier molecular flexibility index (Phi) is 4.34. The zero-order chi connectivity index (χ0) is 13.8. The molecule has 0 radical (unpaired) electrons. The summed E-state index contributed by atoms with van der Waals surface area (Å²) >= 11 is 3.45. The van der Waals surface area contributed by atoms with Gasteiger partial charge in [-0.15, -0.1) is 0 Å². The Morgan fingerprint density at radius 1 is 1.26 bits per heavy atom. The van der Waals surface area contributed by atoms with Crippen molar-refractivity contribution in [2.45, 2.75) is 20.3 Å². The van der Waals surface area contributed by atoms with Gasteiger partial charge in [0.25, 0.3) is 0 Å². The van der Waals surface area contributed by atoms with Crippen molar-refractivity contribution in [3.05, 3.63) is 40.1 Å². The molecule has 0 saturated carbocycles. The molecule has 2 aromatic rings. The summed E-state index contributed by atoms with van der Waals surface area (Å²) in [5.74, 6) is 7.64. The number of anilines is 3. The van der Waals surface area contributed by atoms with Gasteiger partial charge in [0.1, 0.15) is 17.5 Å². The average molecular weight is 322 g/mol. The van der Waals surface area contributed by atoms with E-state index in [-0.39, 0.29) is 0 Å². The molecule has 0 aliphatic heterocycles. The molecule has 0 bridgehead atoms. The number of nitrogens with one attached hydrogen (secondary N) is 2. The molecule has 0 aliphatic rings. The number of nitrogens with two attached hydrogens (primary N) is 1. The van der Waals surface area contributed by atoms with Gasteiger partial charge in [0.2, 0.25) is 0 Å². The highest BCUT2D eigenvalue weighted by Gasteiger charge is 2.09. The largest absolute Gasteiger partial charge is 0.340 e. The summed E-state index contributed by atoms with van der Waals surface area (Å²) in [6.45, 7) is 3.93. The van der Waals surface area contributed by atoms with Gasteiger partial charge >= 0.3 is 0 Å². The first-order chi connectivity index (χ1) is 9.13. The molecule has 0 amide bonds. The van der Waals surface area contributed by atoms with E-state index in [9.17, 15) is 0 Å². The lowest BCUT2D eigenvalue weighted by Gasteiger charge is -2.13. The molecule has 1 heterocycles. The third-order valence-electron chi connectivity index (χ3n) is 2.73. The minimum absolute atomic E-state index is 0.643. The number of rotatable bonds is 4. The third-order valence-corrected chi connectivity index (χ3v) is 3.23. The molecule has 0 spiro atoms. The molecule has 1 aromatic carbocycles. The highest BCUT2D eigenvalue weighted by Crippen LogP contribution is 2.24. The van der Waals surface area contributed by atoms with Crippen molar-refractivity contribution < 1.29 is 0 Å². The Bertz CT molecular complexity index is 585. The molecule has 0 unspecified atom stereocenters. The maximum atomic E-state index is 5.49. The van der Waals surface area contributed by atoms with Crippen molar-refractivity contribution in [3.8, 4) is 0 Å². The van der Waals surface area contributed by atoms with Crippen molar-refractivity contribution in [3.63, 3.8) is 0 Å². The molecular formula is C13H16BrN5. The van der Waals surface area contributed by atoms with Crippen LogP contribution in [-0.4, -0.2) is 9.97 Å². The van der Waals surface area contributed by atoms with E-state index >= 15 is 0 Å². The number of hydrogen-bond acceptors (Lipinski definition) is 5. The van der Waals surface area contributed by atoms with Crippen molar-refractivity contribution in [1.29, 1.82) is 0 Å². The summed E-state index contributed by atoms with van der Waals surface area (Å²) in [4.78, 5) is 8.82. The maximum Gasteiger partial charge on any atom is 0.148 e. The summed E-state index contributed by atoms with van der Waals surface area (Å²) in [5.41, 5.74) is 4.46. The van der Waals surface area contributed by atoms with Crippen LogP contribution >= 0.6 is 15.9 Å². The van der Waals surface area contributed by atoms with Crippen LogP contribution in [0.5, 0.6) is 0 Å². The first-order valence-corrected chi connectivity index (χ1v) is 6.80. The van der Waals surface area contributed by atoms with Crippen LogP contribution in [0.15, 0.2) is 28.7 Å². The predicted molar refractivity (Wildman–Crippen MR) is 81.4 cm³/mol. The zero-order valence-electron chi connectivity index (χ0n) is 10.9. The van der Waals surface area contributed by atoms with Gasteiger partial charge in [-0.25, -0.2) is 15.8 Å². The molecule has 2 rings (SSSR count). The van der Waals surface area contributed by atoms with Crippen LogP contribution in [0, 0.1) is 6.92 Å². The molecule has 5 nitrogen and oxygen atoms in total. The predicted octanol–water partition coefficient (Wildman–Crippen LogP) is 3.14. The first kappa shape index (κ1) is 13.8. The van der Waals surface area contributed by atoms with Gasteiger partial charge in [0.15, 0.2) is 0 Å². The van der Waals surface area contributed by atoms with Gasteiger partial charge in [0, 0.05) is 22.1 Å². The number of aromatic nitrogens is 2. The van der Waals surface area contributed by atoms with E-state index in [1.54, 1.807) is 0 Å². The van der Waals surface area contributed by atoms with Crippen molar-refractivity contribution in [1.82, 2.24) is 9.97 Å². The van der Waals surface area contributed by atoms with Gasteiger partial charge < -0.3 is 10.7 Å². The van der Waals surface area contributed by atoms with Gasteiger partial charge in [-0.1, -0.05) is 28.9 Å². The second-order valence-electron chi connectivity index (χ2n) is 4.10. The minimum atomic E-state index is 0.643. The highest BCUT2D eigenvalue weighted by atomic mass is 79.9. The van der Waals surface area contributed by atoms with Crippen LogP contribution in [0.3, 0.4) is 0 Å². The summed E-state index contributed by atoms with van der Waals surface area (Å²) < 4.78 is 1.01. The van der Waals surface area contributed by atoms with E-state index < -0.39 is 0 Å². The summed E-state index contributed by atoms with van der Waals surface area (Å²) in [7, 11) is 0. The van der Waals surface area contributed by atoms with Gasteiger partial charge in [0.05, 0.1) is 0 Å². The van der Waals surface area contributed by atoms with Crippen molar-refractivity contribution in [2.24, 2.45) is 5.84 Å². The quantitative estimate of drug-likeness (QED) is 0.595. The number of halogens is 1. The second kappa shape index (κ2) is 5.99. The summed E-state index contributed by atoms with van der Waals surface area (Å²) in [5, 5.41) is 3.29. The Balaban J connectivity index is 2.38. The number of nitrogens with zero attached hydrogens (tertiary/aromatic N) is 2. The van der Waals surface area contributed by atoms with E-state index in [0.29, 0.717) is 5.82 Å². The lowest BCUT2D eigenvalue weighted by atomic mass is 10.2. The fraction of sp³-hybridized carbons (Fsp3) is 0.231. The van der Waals surface area contributed by atoms with E-state index in [4.69, 9.17) is 5.84 Å². The average Bonchev–Trinajstić information content (AvgIpc) is 2.41. The lowest BCUT2D eigenvalue weighted by molar-refractivity contribution is 0.932. The summed E-state index contributed by atoms with van der Waals surface area (Å²) in [6, 6.07) is 7.91. The van der Waals surface area contributed by atoms with Gasteiger partial charge in [-0.2, -0.15) is 0 Å². The number of aryl methyl sites for hydroxylation is 1. The lowest BCUT2D eigenvalue weighted by Crippen LogP contribution is -2.13. The fourth-order valence-corrected chi connectivity index (χ4v) is 2.09. The first-order valence-electron chi connectivity index (χ1n) is 6.00. The molecule has 100 valence electrons. The molecule has 0 fully saturated rings. The minimum Gasteiger partial charge on any atom is -0.340 e. The molecule has 0 atom stereocenters. The van der Waals surface area contributed by atoms with Crippen LogP contribution in [-0.2, 0) is 6.42 Å². The topological polar surface area (TPSA) is 75.9 Å². The number of benzene rings is 1. The smallest absolute Gasteiger partial charge is 0.148 e. The van der Waals surface area contributed by atoms with Crippen LogP contribution in [0.2, 0.25) is 0 Å². The highest BCUT2D eigenvalue weighted by molar-refractivity contribution is 9.10. The number of hydrogen-bond donors (Lipinski definition) is 3.